The molecule has 7 nitrogen and oxygen atoms in total. The van der Waals surface area contributed by atoms with Gasteiger partial charge < -0.3 is 9.84 Å². The number of halogens is 1. The van der Waals surface area contributed by atoms with Crippen molar-refractivity contribution in [2.24, 2.45) is 0 Å². The Morgan fingerprint density at radius 1 is 1.30 bits per heavy atom. The van der Waals surface area contributed by atoms with E-state index in [1.807, 2.05) is 20.8 Å². The van der Waals surface area contributed by atoms with Gasteiger partial charge in [0.15, 0.2) is 5.82 Å². The quantitative estimate of drug-likeness (QED) is 0.734. The van der Waals surface area contributed by atoms with Crippen LogP contribution >= 0.6 is 0 Å². The third kappa shape index (κ3) is 4.46. The molecular formula is C19H21FN5O2+. The summed E-state index contributed by atoms with van der Waals surface area (Å²) >= 11 is 0. The van der Waals surface area contributed by atoms with Gasteiger partial charge in [-0.2, -0.15) is 0 Å². The Balaban J connectivity index is 1.69. The normalized spacial score (nSPS) is 11.4. The summed E-state index contributed by atoms with van der Waals surface area (Å²) in [5, 5.41) is 6.41. The van der Waals surface area contributed by atoms with Crippen LogP contribution in [0, 0.1) is 5.82 Å². The van der Waals surface area contributed by atoms with Crippen LogP contribution in [0.2, 0.25) is 0 Å². The van der Waals surface area contributed by atoms with E-state index in [4.69, 9.17) is 10.3 Å². The molecule has 1 amide bonds. The molecule has 0 saturated heterocycles. The minimum absolute atomic E-state index is 0.0511. The SMILES string of the molecule is CC(C)(C)c1cc(NC(=O)Cc2ncc(-c3ccc(N)[nH+]c3)cc2F)no1. The number of carbonyl (C=O) groups is 1. The van der Waals surface area contributed by atoms with E-state index in [2.05, 4.69) is 20.4 Å². The first-order valence-electron chi connectivity index (χ1n) is 8.41. The highest BCUT2D eigenvalue weighted by Gasteiger charge is 2.20. The Hall–Kier alpha value is -3.29. The number of carbonyl (C=O) groups excluding carboxylic acids is 1. The van der Waals surface area contributed by atoms with E-state index in [1.165, 1.54) is 12.3 Å². The van der Waals surface area contributed by atoms with Crippen molar-refractivity contribution in [2.75, 3.05) is 11.1 Å². The maximum atomic E-state index is 14.4. The summed E-state index contributed by atoms with van der Waals surface area (Å²) < 4.78 is 19.6. The summed E-state index contributed by atoms with van der Waals surface area (Å²) in [7, 11) is 0. The number of aromatic amines is 1. The number of H-pyrrole nitrogens is 1. The van der Waals surface area contributed by atoms with Crippen molar-refractivity contribution in [1.29, 1.82) is 0 Å². The lowest BCUT2D eigenvalue weighted by atomic mass is 9.93. The van der Waals surface area contributed by atoms with Crippen molar-refractivity contribution in [2.45, 2.75) is 32.6 Å². The minimum atomic E-state index is -0.560. The first kappa shape index (κ1) is 18.5. The zero-order chi connectivity index (χ0) is 19.6. The zero-order valence-corrected chi connectivity index (χ0v) is 15.3. The number of nitrogens with two attached hydrogens (primary N) is 1. The monoisotopic (exact) mass is 370 g/mol. The molecule has 3 aromatic rings. The third-order valence-corrected chi connectivity index (χ3v) is 3.93. The highest BCUT2D eigenvalue weighted by Crippen LogP contribution is 2.24. The van der Waals surface area contributed by atoms with E-state index >= 15 is 0 Å². The molecular weight excluding hydrogens is 349 g/mol. The van der Waals surface area contributed by atoms with Crippen molar-refractivity contribution in [3.8, 4) is 11.1 Å². The average molecular weight is 370 g/mol. The van der Waals surface area contributed by atoms with Crippen LogP contribution in [-0.4, -0.2) is 16.0 Å². The number of aromatic nitrogens is 3. The van der Waals surface area contributed by atoms with Gasteiger partial charge in [0.2, 0.25) is 5.91 Å². The Morgan fingerprint density at radius 3 is 2.67 bits per heavy atom. The van der Waals surface area contributed by atoms with Crippen molar-refractivity contribution < 1.29 is 18.7 Å². The number of anilines is 2. The lowest BCUT2D eigenvalue weighted by Gasteiger charge is -2.12. The topological polar surface area (TPSA) is 108 Å². The summed E-state index contributed by atoms with van der Waals surface area (Å²) in [6.45, 7) is 5.91. The zero-order valence-electron chi connectivity index (χ0n) is 15.3. The summed E-state index contributed by atoms with van der Waals surface area (Å²) in [5.41, 5.74) is 6.75. The molecule has 8 heteroatoms. The second-order valence-electron chi connectivity index (χ2n) is 7.24. The van der Waals surface area contributed by atoms with Crippen LogP contribution in [0.4, 0.5) is 16.0 Å². The first-order chi connectivity index (χ1) is 12.7. The average Bonchev–Trinajstić information content (AvgIpc) is 3.06. The van der Waals surface area contributed by atoms with Gasteiger partial charge in [0, 0.05) is 34.9 Å². The van der Waals surface area contributed by atoms with Crippen molar-refractivity contribution in [1.82, 2.24) is 10.1 Å². The molecule has 3 rings (SSSR count). The van der Waals surface area contributed by atoms with Gasteiger partial charge in [-0.3, -0.25) is 15.5 Å². The van der Waals surface area contributed by atoms with Gasteiger partial charge in [-0.25, -0.2) is 9.37 Å². The number of pyridine rings is 2. The number of nitrogen functional groups attached to an aromatic ring is 1. The van der Waals surface area contributed by atoms with Gasteiger partial charge in [0.05, 0.1) is 18.3 Å². The van der Waals surface area contributed by atoms with Crippen LogP contribution in [0.15, 0.2) is 41.2 Å². The number of hydrogen-bond acceptors (Lipinski definition) is 5. The molecule has 0 spiro atoms. The number of amides is 1. The molecule has 0 aliphatic carbocycles. The highest BCUT2D eigenvalue weighted by molar-refractivity contribution is 5.91. The molecule has 0 aliphatic heterocycles. The molecule has 3 aromatic heterocycles. The maximum absolute atomic E-state index is 14.4. The van der Waals surface area contributed by atoms with Crippen LogP contribution < -0.4 is 16.0 Å². The molecule has 0 aromatic carbocycles. The van der Waals surface area contributed by atoms with Gasteiger partial charge in [0.25, 0.3) is 5.82 Å². The Labute approximate surface area is 155 Å². The summed E-state index contributed by atoms with van der Waals surface area (Å²) in [4.78, 5) is 19.1. The predicted molar refractivity (Wildman–Crippen MR) is 98.1 cm³/mol. The van der Waals surface area contributed by atoms with Crippen molar-refractivity contribution in [3.63, 3.8) is 0 Å². The van der Waals surface area contributed by atoms with Crippen LogP contribution in [0.25, 0.3) is 11.1 Å². The largest absolute Gasteiger partial charge is 0.359 e. The number of nitrogens with zero attached hydrogens (tertiary/aromatic N) is 2. The Kier molecular flexibility index (Phi) is 4.89. The summed E-state index contributed by atoms with van der Waals surface area (Å²) in [6, 6.07) is 6.43. The van der Waals surface area contributed by atoms with Crippen molar-refractivity contribution in [3.05, 3.63) is 53.9 Å². The molecule has 0 fully saturated rings. The van der Waals surface area contributed by atoms with E-state index in [1.54, 1.807) is 24.4 Å². The highest BCUT2D eigenvalue weighted by atomic mass is 19.1. The van der Waals surface area contributed by atoms with E-state index in [9.17, 15) is 9.18 Å². The predicted octanol–water partition coefficient (Wildman–Crippen LogP) is 2.75. The Morgan fingerprint density at radius 2 is 2.07 bits per heavy atom. The van der Waals surface area contributed by atoms with Crippen LogP contribution in [-0.2, 0) is 16.6 Å². The van der Waals surface area contributed by atoms with Gasteiger partial charge in [-0.1, -0.05) is 25.9 Å². The standard InChI is InChI=1S/C19H20FN5O2/c1-19(2,3)15-8-17(25-27-15)24-18(26)7-14-13(20)6-12(10-22-14)11-4-5-16(21)23-9-11/h4-6,8-10H,7H2,1-3H3,(H2,21,23)(H,24,25,26)/p+1. The maximum Gasteiger partial charge on any atom is 0.270 e. The van der Waals surface area contributed by atoms with Gasteiger partial charge in [0.1, 0.15) is 11.6 Å². The van der Waals surface area contributed by atoms with Gasteiger partial charge in [-0.05, 0) is 12.1 Å². The molecule has 4 N–H and O–H groups in total. The number of hydrogen-bond donors (Lipinski definition) is 2. The molecule has 0 radical (unpaired) electrons. The number of nitrogens with one attached hydrogen (secondary N) is 2. The van der Waals surface area contributed by atoms with E-state index < -0.39 is 11.7 Å². The molecule has 140 valence electrons. The fraction of sp³-hybridized carbons (Fsp3) is 0.263. The minimum Gasteiger partial charge on any atom is -0.359 e. The molecule has 3 heterocycles. The lowest BCUT2D eigenvalue weighted by molar-refractivity contribution is -0.359. The van der Waals surface area contributed by atoms with Crippen molar-refractivity contribution >= 4 is 17.5 Å². The van der Waals surface area contributed by atoms with Crippen LogP contribution in [0.1, 0.15) is 32.2 Å². The first-order valence-corrected chi connectivity index (χ1v) is 8.41. The van der Waals surface area contributed by atoms with E-state index in [-0.39, 0.29) is 17.5 Å². The molecule has 27 heavy (non-hydrogen) atoms. The summed E-state index contributed by atoms with van der Waals surface area (Å²) in [6.07, 6.45) is 2.96. The van der Waals surface area contributed by atoms with Gasteiger partial charge >= 0.3 is 0 Å². The van der Waals surface area contributed by atoms with Gasteiger partial charge in [-0.15, -0.1) is 0 Å². The van der Waals surface area contributed by atoms with Crippen LogP contribution in [0.3, 0.4) is 0 Å². The van der Waals surface area contributed by atoms with E-state index in [0.29, 0.717) is 23.0 Å². The lowest BCUT2D eigenvalue weighted by Crippen LogP contribution is -2.16. The second-order valence-corrected chi connectivity index (χ2v) is 7.24. The molecule has 0 saturated carbocycles. The summed E-state index contributed by atoms with van der Waals surface area (Å²) in [5.74, 6) is 0.452. The molecule has 0 unspecified atom stereocenters. The van der Waals surface area contributed by atoms with E-state index in [0.717, 1.165) is 5.56 Å². The number of rotatable bonds is 4. The molecule has 0 bridgehead atoms. The van der Waals surface area contributed by atoms with Crippen LogP contribution in [0.5, 0.6) is 0 Å². The second kappa shape index (κ2) is 7.14. The molecule has 0 atom stereocenters. The third-order valence-electron chi connectivity index (χ3n) is 3.93. The Bertz CT molecular complexity index is 961. The fourth-order valence-electron chi connectivity index (χ4n) is 2.40. The fourth-order valence-corrected chi connectivity index (χ4v) is 2.40. The smallest absolute Gasteiger partial charge is 0.270 e. The molecule has 0 aliphatic rings.